The van der Waals surface area contributed by atoms with Gasteiger partial charge in [0.2, 0.25) is 11.1 Å². The van der Waals surface area contributed by atoms with Crippen molar-refractivity contribution in [1.29, 1.82) is 0 Å². The lowest BCUT2D eigenvalue weighted by Crippen LogP contribution is -2.15. The molecule has 156 valence electrons. The van der Waals surface area contributed by atoms with Gasteiger partial charge >= 0.3 is 5.97 Å². The molecule has 1 heterocycles. The van der Waals surface area contributed by atoms with Crippen molar-refractivity contribution in [2.45, 2.75) is 19.0 Å². The topological polar surface area (TPSA) is 108 Å². The summed E-state index contributed by atoms with van der Waals surface area (Å²) in [6.45, 7) is 4.01. The Balaban J connectivity index is 1.63. The van der Waals surface area contributed by atoms with Crippen LogP contribution in [0.5, 0.6) is 5.75 Å². The van der Waals surface area contributed by atoms with Gasteiger partial charge in [0.15, 0.2) is 0 Å². The Bertz CT molecular complexity index is 1040. The molecule has 1 aromatic heterocycles. The van der Waals surface area contributed by atoms with Crippen LogP contribution in [0.1, 0.15) is 22.8 Å². The number of hydrogen-bond acceptors (Lipinski definition) is 8. The number of hydrogen-bond donors (Lipinski definition) is 1. The average Bonchev–Trinajstić information content (AvgIpc) is 3.21. The molecule has 0 saturated heterocycles. The maximum absolute atomic E-state index is 12.3. The number of carbonyl (C=O) groups is 2. The molecule has 0 bridgehead atoms. The van der Waals surface area contributed by atoms with Gasteiger partial charge in [0.05, 0.1) is 25.0 Å². The van der Waals surface area contributed by atoms with Crippen LogP contribution in [0.4, 0.5) is 5.69 Å². The van der Waals surface area contributed by atoms with Crippen molar-refractivity contribution in [3.63, 3.8) is 0 Å². The molecule has 2 aromatic carbocycles. The second-order valence-corrected chi connectivity index (χ2v) is 7.13. The monoisotopic (exact) mass is 427 g/mol. The molecule has 0 spiro atoms. The Labute approximate surface area is 177 Å². The quantitative estimate of drug-likeness (QED) is 0.432. The number of anilines is 1. The number of carbonyl (C=O) groups excluding carboxylic acids is 2. The molecule has 0 aliphatic carbocycles. The van der Waals surface area contributed by atoms with Gasteiger partial charge in [0.25, 0.3) is 0 Å². The first-order chi connectivity index (χ1) is 14.5. The van der Waals surface area contributed by atoms with E-state index in [9.17, 15) is 9.59 Å². The van der Waals surface area contributed by atoms with Crippen LogP contribution in [0.15, 0.2) is 47.6 Å². The predicted octanol–water partition coefficient (Wildman–Crippen LogP) is 2.89. The third-order valence-electron chi connectivity index (χ3n) is 4.02. The zero-order valence-corrected chi connectivity index (χ0v) is 17.6. The Kier molecular flexibility index (Phi) is 7.02. The highest BCUT2D eigenvalue weighted by Gasteiger charge is 2.15. The molecule has 0 saturated carbocycles. The molecule has 10 heteroatoms. The number of aromatic nitrogens is 4. The van der Waals surface area contributed by atoms with Crippen molar-refractivity contribution in [1.82, 2.24) is 20.2 Å². The average molecular weight is 427 g/mol. The fourth-order valence-corrected chi connectivity index (χ4v) is 3.30. The lowest BCUT2D eigenvalue weighted by atomic mass is 10.2. The van der Waals surface area contributed by atoms with Crippen molar-refractivity contribution in [3.05, 3.63) is 53.6 Å². The number of tetrazole rings is 1. The van der Waals surface area contributed by atoms with Crippen LogP contribution >= 0.6 is 11.8 Å². The third-order valence-corrected chi connectivity index (χ3v) is 4.93. The van der Waals surface area contributed by atoms with E-state index in [0.29, 0.717) is 34.5 Å². The van der Waals surface area contributed by atoms with Crippen molar-refractivity contribution >= 4 is 29.3 Å². The highest BCUT2D eigenvalue weighted by molar-refractivity contribution is 7.99. The molecule has 0 atom stereocenters. The lowest BCUT2D eigenvalue weighted by molar-refractivity contribution is -0.113. The van der Waals surface area contributed by atoms with Crippen LogP contribution in [0, 0.1) is 6.92 Å². The van der Waals surface area contributed by atoms with E-state index < -0.39 is 5.97 Å². The molecule has 1 amide bonds. The summed E-state index contributed by atoms with van der Waals surface area (Å²) in [5, 5.41) is 15.0. The molecule has 0 radical (unpaired) electrons. The summed E-state index contributed by atoms with van der Waals surface area (Å²) in [6, 6.07) is 12.2. The fraction of sp³-hybridized carbons (Fsp3) is 0.250. The SMILES string of the molecule is CCOC(=O)c1ccc(NC(=O)CSc2nnnn2-c2cc(C)ccc2OC)cc1. The number of benzene rings is 2. The van der Waals surface area contributed by atoms with E-state index in [2.05, 4.69) is 20.8 Å². The summed E-state index contributed by atoms with van der Waals surface area (Å²) in [7, 11) is 1.58. The number of thioether (sulfide) groups is 1. The Morgan fingerprint density at radius 2 is 1.93 bits per heavy atom. The molecule has 9 nitrogen and oxygen atoms in total. The van der Waals surface area contributed by atoms with Crippen LogP contribution in [-0.2, 0) is 9.53 Å². The standard InChI is InChI=1S/C20H21N5O4S/c1-4-29-19(27)14-6-8-15(9-7-14)21-18(26)12-30-20-22-23-24-25(20)16-11-13(2)5-10-17(16)28-3/h5-11H,4,12H2,1-3H3,(H,21,26). The Morgan fingerprint density at radius 3 is 2.63 bits per heavy atom. The number of esters is 1. The third kappa shape index (κ3) is 5.15. The highest BCUT2D eigenvalue weighted by atomic mass is 32.2. The van der Waals surface area contributed by atoms with Crippen LogP contribution in [0.2, 0.25) is 0 Å². The smallest absolute Gasteiger partial charge is 0.338 e. The van der Waals surface area contributed by atoms with Crippen LogP contribution in [0.25, 0.3) is 5.69 Å². The molecule has 1 N–H and O–H groups in total. The number of nitrogens with one attached hydrogen (secondary N) is 1. The van der Waals surface area contributed by atoms with E-state index in [-0.39, 0.29) is 11.7 Å². The number of ether oxygens (including phenoxy) is 2. The minimum Gasteiger partial charge on any atom is -0.494 e. The number of methoxy groups -OCH3 is 1. The van der Waals surface area contributed by atoms with Gasteiger partial charge in [0.1, 0.15) is 11.4 Å². The molecule has 0 aliphatic rings. The number of amides is 1. The largest absolute Gasteiger partial charge is 0.494 e. The van der Waals surface area contributed by atoms with Gasteiger partial charge in [-0.15, -0.1) is 5.10 Å². The first kappa shape index (κ1) is 21.3. The zero-order chi connectivity index (χ0) is 21.5. The van der Waals surface area contributed by atoms with Crippen molar-refractivity contribution < 1.29 is 19.1 Å². The van der Waals surface area contributed by atoms with Crippen molar-refractivity contribution in [2.24, 2.45) is 0 Å². The number of nitrogens with zero attached hydrogens (tertiary/aromatic N) is 4. The highest BCUT2D eigenvalue weighted by Crippen LogP contribution is 2.27. The van der Waals surface area contributed by atoms with Crippen LogP contribution in [-0.4, -0.2) is 51.6 Å². The first-order valence-corrected chi connectivity index (χ1v) is 10.1. The van der Waals surface area contributed by atoms with Gasteiger partial charge in [-0.25, -0.2) is 4.79 Å². The second-order valence-electron chi connectivity index (χ2n) is 6.18. The second kappa shape index (κ2) is 9.88. The molecule has 0 aliphatic heterocycles. The fourth-order valence-electron chi connectivity index (χ4n) is 2.62. The molecule has 0 fully saturated rings. The van der Waals surface area contributed by atoms with E-state index >= 15 is 0 Å². The van der Waals surface area contributed by atoms with Gasteiger partial charge < -0.3 is 14.8 Å². The summed E-state index contributed by atoms with van der Waals surface area (Å²) in [5.41, 5.74) is 2.73. The van der Waals surface area contributed by atoms with E-state index in [0.717, 1.165) is 5.56 Å². The summed E-state index contributed by atoms with van der Waals surface area (Å²) in [6.07, 6.45) is 0. The summed E-state index contributed by atoms with van der Waals surface area (Å²) < 4.78 is 11.9. The van der Waals surface area contributed by atoms with Gasteiger partial charge in [-0.05, 0) is 66.2 Å². The minimum absolute atomic E-state index is 0.105. The van der Waals surface area contributed by atoms with E-state index in [1.165, 1.54) is 16.4 Å². The van der Waals surface area contributed by atoms with Gasteiger partial charge in [0, 0.05) is 5.69 Å². The summed E-state index contributed by atoms with van der Waals surface area (Å²) in [4.78, 5) is 24.0. The Morgan fingerprint density at radius 1 is 1.17 bits per heavy atom. The molecule has 3 rings (SSSR count). The first-order valence-electron chi connectivity index (χ1n) is 9.15. The molecule has 30 heavy (non-hydrogen) atoms. The van der Waals surface area contributed by atoms with E-state index in [1.54, 1.807) is 38.3 Å². The van der Waals surface area contributed by atoms with Gasteiger partial charge in [-0.3, -0.25) is 4.79 Å². The molecular formula is C20H21N5O4S. The number of aryl methyl sites for hydroxylation is 1. The lowest BCUT2D eigenvalue weighted by Gasteiger charge is -2.10. The summed E-state index contributed by atoms with van der Waals surface area (Å²) >= 11 is 1.20. The van der Waals surface area contributed by atoms with Gasteiger partial charge in [-0.1, -0.05) is 17.8 Å². The molecule has 0 unspecified atom stereocenters. The maximum atomic E-state index is 12.3. The molecule has 3 aromatic rings. The van der Waals surface area contributed by atoms with Gasteiger partial charge in [-0.2, -0.15) is 4.68 Å². The zero-order valence-electron chi connectivity index (χ0n) is 16.8. The molecular weight excluding hydrogens is 406 g/mol. The maximum Gasteiger partial charge on any atom is 0.338 e. The van der Waals surface area contributed by atoms with Crippen molar-refractivity contribution in [3.8, 4) is 11.4 Å². The predicted molar refractivity (Wildman–Crippen MR) is 112 cm³/mol. The van der Waals surface area contributed by atoms with Crippen molar-refractivity contribution in [2.75, 3.05) is 24.8 Å². The normalized spacial score (nSPS) is 10.5. The van der Waals surface area contributed by atoms with E-state index in [1.807, 2.05) is 25.1 Å². The Hall–Kier alpha value is -3.40. The number of rotatable bonds is 8. The van der Waals surface area contributed by atoms with Crippen LogP contribution < -0.4 is 10.1 Å². The van der Waals surface area contributed by atoms with Crippen LogP contribution in [0.3, 0.4) is 0 Å². The summed E-state index contributed by atoms with van der Waals surface area (Å²) in [5.74, 6) is 0.105. The van der Waals surface area contributed by atoms with E-state index in [4.69, 9.17) is 9.47 Å². The minimum atomic E-state index is -0.399.